The number of aryl methyl sites for hydroxylation is 1. The molecule has 1 aliphatic heterocycles. The first-order chi connectivity index (χ1) is 8.16. The van der Waals surface area contributed by atoms with Crippen LogP contribution in [0.4, 0.5) is 0 Å². The maximum Gasteiger partial charge on any atom is 0.251 e. The van der Waals surface area contributed by atoms with Gasteiger partial charge < -0.3 is 10.6 Å². The Bertz CT molecular complexity index is 414. The minimum Gasteiger partial charge on any atom is -0.350 e. The molecule has 0 saturated carbocycles. The maximum atomic E-state index is 12.0. The highest BCUT2D eigenvalue weighted by atomic mass is 35.5. The smallest absolute Gasteiger partial charge is 0.251 e. The Kier molecular flexibility index (Phi) is 4.02. The van der Waals surface area contributed by atoms with Gasteiger partial charge in [0.2, 0.25) is 0 Å². The summed E-state index contributed by atoms with van der Waals surface area (Å²) in [5.74, 6) is -0.0429. The van der Waals surface area contributed by atoms with E-state index in [-0.39, 0.29) is 5.91 Å². The van der Waals surface area contributed by atoms with Gasteiger partial charge in [0.25, 0.3) is 5.91 Å². The Balaban J connectivity index is 1.96. The van der Waals surface area contributed by atoms with Crippen LogP contribution in [0.15, 0.2) is 18.2 Å². The van der Waals surface area contributed by atoms with E-state index in [1.54, 1.807) is 12.1 Å². The summed E-state index contributed by atoms with van der Waals surface area (Å²) in [6, 6.07) is 5.80. The number of benzene rings is 1. The SMILES string of the molecule is Cc1ccc(Cl)cc1C(=O)NCC1CCCN1. The third kappa shape index (κ3) is 3.20. The van der Waals surface area contributed by atoms with Gasteiger partial charge >= 0.3 is 0 Å². The van der Waals surface area contributed by atoms with Crippen LogP contribution < -0.4 is 10.6 Å². The third-order valence-electron chi connectivity index (χ3n) is 3.12. The quantitative estimate of drug-likeness (QED) is 0.865. The molecule has 1 aromatic carbocycles. The molecule has 92 valence electrons. The lowest BCUT2D eigenvalue weighted by Crippen LogP contribution is -2.37. The van der Waals surface area contributed by atoms with Crippen molar-refractivity contribution in [2.24, 2.45) is 0 Å². The number of nitrogens with one attached hydrogen (secondary N) is 2. The van der Waals surface area contributed by atoms with E-state index in [9.17, 15) is 4.79 Å². The molecule has 0 aromatic heterocycles. The van der Waals surface area contributed by atoms with E-state index in [0.717, 1.165) is 18.5 Å². The summed E-state index contributed by atoms with van der Waals surface area (Å²) >= 11 is 5.90. The zero-order chi connectivity index (χ0) is 12.3. The molecule has 1 aromatic rings. The molecular formula is C13H17ClN2O. The fourth-order valence-corrected chi connectivity index (χ4v) is 2.25. The predicted molar refractivity (Wildman–Crippen MR) is 69.5 cm³/mol. The molecule has 1 atom stereocenters. The Hall–Kier alpha value is -1.06. The van der Waals surface area contributed by atoms with E-state index in [2.05, 4.69) is 10.6 Å². The first-order valence-corrected chi connectivity index (χ1v) is 6.32. The molecule has 0 bridgehead atoms. The first-order valence-electron chi connectivity index (χ1n) is 5.94. The second kappa shape index (κ2) is 5.52. The van der Waals surface area contributed by atoms with Crippen molar-refractivity contribution in [3.63, 3.8) is 0 Å². The van der Waals surface area contributed by atoms with E-state index in [4.69, 9.17) is 11.6 Å². The summed E-state index contributed by atoms with van der Waals surface area (Å²) in [6.45, 7) is 3.65. The average Bonchev–Trinajstić information content (AvgIpc) is 2.82. The van der Waals surface area contributed by atoms with E-state index in [1.807, 2.05) is 13.0 Å². The Morgan fingerprint density at radius 1 is 1.59 bits per heavy atom. The van der Waals surface area contributed by atoms with Gasteiger partial charge in [-0.3, -0.25) is 4.79 Å². The van der Waals surface area contributed by atoms with Crippen LogP contribution in [0.5, 0.6) is 0 Å². The molecule has 0 aliphatic carbocycles. The van der Waals surface area contributed by atoms with Crippen LogP contribution in [-0.2, 0) is 0 Å². The number of halogens is 1. The third-order valence-corrected chi connectivity index (χ3v) is 3.35. The van der Waals surface area contributed by atoms with Gasteiger partial charge in [-0.05, 0) is 44.0 Å². The minimum absolute atomic E-state index is 0.0429. The van der Waals surface area contributed by atoms with Crippen molar-refractivity contribution in [3.05, 3.63) is 34.3 Å². The van der Waals surface area contributed by atoms with Gasteiger partial charge in [-0.2, -0.15) is 0 Å². The number of hydrogen-bond acceptors (Lipinski definition) is 2. The van der Waals surface area contributed by atoms with Crippen molar-refractivity contribution < 1.29 is 4.79 Å². The molecule has 1 heterocycles. The highest BCUT2D eigenvalue weighted by Gasteiger charge is 2.16. The summed E-state index contributed by atoms with van der Waals surface area (Å²) in [5, 5.41) is 6.89. The first kappa shape index (κ1) is 12.4. The fourth-order valence-electron chi connectivity index (χ4n) is 2.08. The second-order valence-corrected chi connectivity index (χ2v) is 4.90. The van der Waals surface area contributed by atoms with Crippen LogP contribution in [-0.4, -0.2) is 25.0 Å². The van der Waals surface area contributed by atoms with Crippen molar-refractivity contribution in [1.29, 1.82) is 0 Å². The van der Waals surface area contributed by atoms with Crippen molar-refractivity contribution in [3.8, 4) is 0 Å². The molecule has 0 spiro atoms. The zero-order valence-electron chi connectivity index (χ0n) is 9.92. The minimum atomic E-state index is -0.0429. The van der Waals surface area contributed by atoms with E-state index >= 15 is 0 Å². The van der Waals surface area contributed by atoms with Gasteiger partial charge in [0.05, 0.1) is 0 Å². The number of carbonyl (C=O) groups excluding carboxylic acids is 1. The molecule has 1 fully saturated rings. The summed E-state index contributed by atoms with van der Waals surface area (Å²) in [5.41, 5.74) is 1.61. The van der Waals surface area contributed by atoms with Crippen molar-refractivity contribution in [1.82, 2.24) is 10.6 Å². The van der Waals surface area contributed by atoms with E-state index in [0.29, 0.717) is 23.2 Å². The topological polar surface area (TPSA) is 41.1 Å². The van der Waals surface area contributed by atoms with Gasteiger partial charge in [-0.25, -0.2) is 0 Å². The summed E-state index contributed by atoms with van der Waals surface area (Å²) in [6.07, 6.45) is 2.32. The highest BCUT2D eigenvalue weighted by Crippen LogP contribution is 2.15. The summed E-state index contributed by atoms with van der Waals surface area (Å²) < 4.78 is 0. The maximum absolute atomic E-state index is 12.0. The molecule has 3 nitrogen and oxygen atoms in total. The molecule has 2 rings (SSSR count). The molecule has 1 saturated heterocycles. The predicted octanol–water partition coefficient (Wildman–Crippen LogP) is 2.13. The van der Waals surface area contributed by atoms with Gasteiger partial charge in [-0.15, -0.1) is 0 Å². The largest absolute Gasteiger partial charge is 0.350 e. The molecule has 4 heteroatoms. The average molecular weight is 253 g/mol. The van der Waals surface area contributed by atoms with Crippen LogP contribution in [0.1, 0.15) is 28.8 Å². The molecule has 1 amide bonds. The highest BCUT2D eigenvalue weighted by molar-refractivity contribution is 6.31. The van der Waals surface area contributed by atoms with Crippen molar-refractivity contribution in [2.45, 2.75) is 25.8 Å². The van der Waals surface area contributed by atoms with Gasteiger partial charge in [0.1, 0.15) is 0 Å². The van der Waals surface area contributed by atoms with Crippen LogP contribution in [0.2, 0.25) is 5.02 Å². The van der Waals surface area contributed by atoms with Crippen LogP contribution in [0, 0.1) is 6.92 Å². The monoisotopic (exact) mass is 252 g/mol. The van der Waals surface area contributed by atoms with Gasteiger partial charge in [-0.1, -0.05) is 17.7 Å². The lowest BCUT2D eigenvalue weighted by Gasteiger charge is -2.12. The van der Waals surface area contributed by atoms with E-state index in [1.165, 1.54) is 6.42 Å². The van der Waals surface area contributed by atoms with Crippen molar-refractivity contribution in [2.75, 3.05) is 13.1 Å². The van der Waals surface area contributed by atoms with Crippen LogP contribution in [0.3, 0.4) is 0 Å². The van der Waals surface area contributed by atoms with Gasteiger partial charge in [0, 0.05) is 23.2 Å². The number of carbonyl (C=O) groups is 1. The molecule has 1 unspecified atom stereocenters. The lowest BCUT2D eigenvalue weighted by molar-refractivity contribution is 0.0949. The zero-order valence-corrected chi connectivity index (χ0v) is 10.7. The Morgan fingerprint density at radius 3 is 3.12 bits per heavy atom. The summed E-state index contributed by atoms with van der Waals surface area (Å²) in [7, 11) is 0. The molecular weight excluding hydrogens is 236 g/mol. The number of rotatable bonds is 3. The molecule has 0 radical (unpaired) electrons. The second-order valence-electron chi connectivity index (χ2n) is 4.46. The number of amides is 1. The molecule has 17 heavy (non-hydrogen) atoms. The number of hydrogen-bond donors (Lipinski definition) is 2. The Morgan fingerprint density at radius 2 is 2.41 bits per heavy atom. The molecule has 1 aliphatic rings. The van der Waals surface area contributed by atoms with Crippen LogP contribution in [0.25, 0.3) is 0 Å². The Labute approximate surface area is 107 Å². The fraction of sp³-hybridized carbons (Fsp3) is 0.462. The van der Waals surface area contributed by atoms with Gasteiger partial charge in [0.15, 0.2) is 0 Å². The van der Waals surface area contributed by atoms with Crippen LogP contribution >= 0.6 is 11.6 Å². The lowest BCUT2D eigenvalue weighted by atomic mass is 10.1. The van der Waals surface area contributed by atoms with E-state index < -0.39 is 0 Å². The standard InChI is InChI=1S/C13H17ClN2O/c1-9-4-5-10(14)7-12(9)13(17)16-8-11-3-2-6-15-11/h4-5,7,11,15H,2-3,6,8H2,1H3,(H,16,17). The molecule has 2 N–H and O–H groups in total. The normalized spacial score (nSPS) is 19.3. The van der Waals surface area contributed by atoms with Crippen molar-refractivity contribution >= 4 is 17.5 Å². The summed E-state index contributed by atoms with van der Waals surface area (Å²) in [4.78, 5) is 12.0.